The summed E-state index contributed by atoms with van der Waals surface area (Å²) in [5.74, 6) is 0. The highest BCUT2D eigenvalue weighted by Gasteiger charge is 2.44. The average Bonchev–Trinajstić information content (AvgIpc) is 2.93. The fraction of sp³-hybridized carbons (Fsp3) is 0.429. The van der Waals surface area contributed by atoms with Crippen LogP contribution in [0.1, 0.15) is 31.7 Å². The molecule has 0 N–H and O–H groups in total. The normalized spacial score (nSPS) is 20.0. The standard InChI is InChI=1S/C21H26N2/c1-2-14-22-15-12-21(13-16-22)17-23(18-8-4-3-5-9-18)20-11-7-6-10-19(20)21/h3-11H,2,12-17H2,1H3. The van der Waals surface area contributed by atoms with Crippen LogP contribution in [0.4, 0.5) is 11.4 Å². The SMILES string of the molecule is CCCN1CCC2(CC1)CN(c1ccccc1)c1ccccc12. The maximum absolute atomic E-state index is 2.64. The van der Waals surface area contributed by atoms with Gasteiger partial charge in [0.15, 0.2) is 0 Å². The third kappa shape index (κ3) is 2.55. The molecule has 2 aromatic carbocycles. The number of likely N-dealkylation sites (tertiary alicyclic amines) is 1. The summed E-state index contributed by atoms with van der Waals surface area (Å²) in [6.45, 7) is 7.15. The Bertz CT molecular complexity index is 657. The van der Waals surface area contributed by atoms with E-state index in [1.807, 2.05) is 0 Å². The minimum atomic E-state index is 0.344. The lowest BCUT2D eigenvalue weighted by molar-refractivity contribution is 0.167. The molecule has 1 fully saturated rings. The van der Waals surface area contributed by atoms with E-state index in [4.69, 9.17) is 0 Å². The van der Waals surface area contributed by atoms with Gasteiger partial charge in [-0.3, -0.25) is 0 Å². The van der Waals surface area contributed by atoms with Crippen molar-refractivity contribution in [1.29, 1.82) is 0 Å². The number of hydrogen-bond acceptors (Lipinski definition) is 2. The number of para-hydroxylation sites is 2. The smallest absolute Gasteiger partial charge is 0.0449 e. The Hall–Kier alpha value is -1.80. The van der Waals surface area contributed by atoms with Crippen LogP contribution in [0.2, 0.25) is 0 Å². The molecule has 1 saturated heterocycles. The van der Waals surface area contributed by atoms with Gasteiger partial charge in [-0.1, -0.05) is 43.3 Å². The van der Waals surface area contributed by atoms with E-state index in [-0.39, 0.29) is 0 Å². The molecule has 0 aliphatic carbocycles. The van der Waals surface area contributed by atoms with Crippen molar-refractivity contribution in [2.24, 2.45) is 0 Å². The third-order valence-corrected chi connectivity index (χ3v) is 5.65. The maximum atomic E-state index is 2.64. The van der Waals surface area contributed by atoms with Crippen molar-refractivity contribution in [3.8, 4) is 0 Å². The van der Waals surface area contributed by atoms with Crippen molar-refractivity contribution < 1.29 is 0 Å². The van der Waals surface area contributed by atoms with Crippen molar-refractivity contribution in [2.45, 2.75) is 31.6 Å². The minimum Gasteiger partial charge on any atom is -0.340 e. The van der Waals surface area contributed by atoms with Gasteiger partial charge in [0.1, 0.15) is 0 Å². The van der Waals surface area contributed by atoms with Gasteiger partial charge < -0.3 is 9.80 Å². The van der Waals surface area contributed by atoms with E-state index in [0.717, 1.165) is 6.54 Å². The maximum Gasteiger partial charge on any atom is 0.0449 e. The van der Waals surface area contributed by atoms with Gasteiger partial charge in [0.05, 0.1) is 0 Å². The molecule has 2 aliphatic rings. The second-order valence-electron chi connectivity index (χ2n) is 7.06. The van der Waals surface area contributed by atoms with Gasteiger partial charge >= 0.3 is 0 Å². The number of nitrogens with zero attached hydrogens (tertiary/aromatic N) is 2. The lowest BCUT2D eigenvalue weighted by Crippen LogP contribution is -2.44. The Balaban J connectivity index is 1.66. The third-order valence-electron chi connectivity index (χ3n) is 5.65. The highest BCUT2D eigenvalue weighted by Crippen LogP contribution is 2.49. The number of hydrogen-bond donors (Lipinski definition) is 0. The molecule has 2 heteroatoms. The summed E-state index contributed by atoms with van der Waals surface area (Å²) in [5, 5.41) is 0. The zero-order chi connectivity index (χ0) is 15.7. The number of anilines is 2. The summed E-state index contributed by atoms with van der Waals surface area (Å²) in [5.41, 5.74) is 4.66. The zero-order valence-electron chi connectivity index (χ0n) is 14.0. The summed E-state index contributed by atoms with van der Waals surface area (Å²) in [4.78, 5) is 5.17. The van der Waals surface area contributed by atoms with E-state index < -0.39 is 0 Å². The highest BCUT2D eigenvalue weighted by atomic mass is 15.2. The van der Waals surface area contributed by atoms with Gasteiger partial charge in [0.25, 0.3) is 0 Å². The molecule has 2 heterocycles. The molecule has 0 aromatic heterocycles. The van der Waals surface area contributed by atoms with Crippen LogP contribution < -0.4 is 4.90 Å². The zero-order valence-corrected chi connectivity index (χ0v) is 14.0. The summed E-state index contributed by atoms with van der Waals surface area (Å²) in [6.07, 6.45) is 3.83. The van der Waals surface area contributed by atoms with Crippen LogP contribution in [-0.2, 0) is 5.41 Å². The fourth-order valence-electron chi connectivity index (χ4n) is 4.42. The Morgan fingerprint density at radius 2 is 1.61 bits per heavy atom. The van der Waals surface area contributed by atoms with Gasteiger partial charge in [-0.05, 0) is 62.7 Å². The van der Waals surface area contributed by atoms with Crippen LogP contribution in [0.25, 0.3) is 0 Å². The molecule has 0 radical (unpaired) electrons. The Kier molecular flexibility index (Phi) is 3.86. The van der Waals surface area contributed by atoms with Crippen LogP contribution >= 0.6 is 0 Å². The lowest BCUT2D eigenvalue weighted by atomic mass is 9.74. The molecule has 0 unspecified atom stereocenters. The van der Waals surface area contributed by atoms with E-state index in [1.54, 1.807) is 5.56 Å². The second-order valence-corrected chi connectivity index (χ2v) is 7.06. The van der Waals surface area contributed by atoms with Crippen LogP contribution in [0.5, 0.6) is 0 Å². The molecule has 1 spiro atoms. The molecule has 0 atom stereocenters. The Morgan fingerprint density at radius 1 is 0.913 bits per heavy atom. The molecule has 2 nitrogen and oxygen atoms in total. The summed E-state index contributed by atoms with van der Waals surface area (Å²) < 4.78 is 0. The molecular weight excluding hydrogens is 280 g/mol. The van der Waals surface area contributed by atoms with Crippen molar-refractivity contribution in [1.82, 2.24) is 4.90 Å². The Labute approximate surface area is 139 Å². The molecule has 0 bridgehead atoms. The van der Waals surface area contributed by atoms with Crippen LogP contribution in [0.3, 0.4) is 0 Å². The first kappa shape index (κ1) is 14.8. The Morgan fingerprint density at radius 3 is 2.35 bits per heavy atom. The molecular formula is C21H26N2. The topological polar surface area (TPSA) is 6.48 Å². The van der Waals surface area contributed by atoms with Gasteiger partial charge in [-0.25, -0.2) is 0 Å². The van der Waals surface area contributed by atoms with Gasteiger partial charge in [-0.2, -0.15) is 0 Å². The quantitative estimate of drug-likeness (QED) is 0.819. The van der Waals surface area contributed by atoms with Crippen molar-refractivity contribution >= 4 is 11.4 Å². The molecule has 4 rings (SSSR count). The summed E-state index contributed by atoms with van der Waals surface area (Å²) >= 11 is 0. The van der Waals surface area contributed by atoms with Crippen molar-refractivity contribution in [2.75, 3.05) is 31.1 Å². The van der Waals surface area contributed by atoms with Gasteiger partial charge in [0.2, 0.25) is 0 Å². The highest BCUT2D eigenvalue weighted by molar-refractivity contribution is 5.72. The molecule has 0 amide bonds. The molecule has 120 valence electrons. The monoisotopic (exact) mass is 306 g/mol. The van der Waals surface area contributed by atoms with E-state index >= 15 is 0 Å². The summed E-state index contributed by atoms with van der Waals surface area (Å²) in [7, 11) is 0. The van der Waals surface area contributed by atoms with Crippen LogP contribution in [0.15, 0.2) is 54.6 Å². The second kappa shape index (κ2) is 6.01. The van der Waals surface area contributed by atoms with Gasteiger partial charge in [0, 0.05) is 23.3 Å². The van der Waals surface area contributed by atoms with Crippen molar-refractivity contribution in [3.63, 3.8) is 0 Å². The first-order chi connectivity index (χ1) is 11.3. The van der Waals surface area contributed by atoms with Crippen molar-refractivity contribution in [3.05, 3.63) is 60.2 Å². The lowest BCUT2D eigenvalue weighted by Gasteiger charge is -2.40. The van der Waals surface area contributed by atoms with E-state index in [0.29, 0.717) is 5.41 Å². The van der Waals surface area contributed by atoms with E-state index in [2.05, 4.69) is 71.3 Å². The molecule has 23 heavy (non-hydrogen) atoms. The predicted molar refractivity (Wildman–Crippen MR) is 97.5 cm³/mol. The minimum absolute atomic E-state index is 0.344. The number of rotatable bonds is 3. The van der Waals surface area contributed by atoms with Gasteiger partial charge in [-0.15, -0.1) is 0 Å². The predicted octanol–water partition coefficient (Wildman–Crippen LogP) is 4.58. The first-order valence-corrected chi connectivity index (χ1v) is 8.97. The van der Waals surface area contributed by atoms with Crippen LogP contribution in [-0.4, -0.2) is 31.1 Å². The molecule has 2 aliphatic heterocycles. The number of piperidine rings is 1. The number of benzene rings is 2. The fourth-order valence-corrected chi connectivity index (χ4v) is 4.42. The van der Waals surface area contributed by atoms with E-state index in [9.17, 15) is 0 Å². The average molecular weight is 306 g/mol. The molecule has 2 aromatic rings. The largest absolute Gasteiger partial charge is 0.340 e. The first-order valence-electron chi connectivity index (χ1n) is 8.97. The van der Waals surface area contributed by atoms with Crippen LogP contribution in [0, 0.1) is 0 Å². The number of fused-ring (bicyclic) bond motifs is 2. The molecule has 0 saturated carbocycles. The van der Waals surface area contributed by atoms with E-state index in [1.165, 1.54) is 50.3 Å². The summed E-state index contributed by atoms with van der Waals surface area (Å²) in [6, 6.07) is 19.9.